The van der Waals surface area contributed by atoms with Gasteiger partial charge < -0.3 is 10.6 Å². The van der Waals surface area contributed by atoms with Crippen LogP contribution < -0.4 is 5.73 Å². The van der Waals surface area contributed by atoms with Crippen LogP contribution in [0, 0.1) is 17.7 Å². The van der Waals surface area contributed by atoms with Crippen LogP contribution in [0.25, 0.3) is 0 Å². The first-order valence-electron chi connectivity index (χ1n) is 7.39. The van der Waals surface area contributed by atoms with Crippen molar-refractivity contribution in [1.82, 2.24) is 4.90 Å². The zero-order valence-corrected chi connectivity index (χ0v) is 11.8. The second-order valence-corrected chi connectivity index (χ2v) is 5.63. The minimum atomic E-state index is -0.157. The number of rotatable bonds is 5. The van der Waals surface area contributed by atoms with Crippen LogP contribution in [0.15, 0.2) is 24.3 Å². The maximum Gasteiger partial charge on any atom is 0.123 e. The Morgan fingerprint density at radius 1 is 1.26 bits per heavy atom. The third kappa shape index (κ3) is 4.02. The van der Waals surface area contributed by atoms with Crippen molar-refractivity contribution in [3.05, 3.63) is 35.6 Å². The Bertz CT molecular complexity index is 377. The summed E-state index contributed by atoms with van der Waals surface area (Å²) in [6.45, 7) is 6.41. The summed E-state index contributed by atoms with van der Waals surface area (Å²) in [6.07, 6.45) is 3.50. The molecule has 0 amide bonds. The average Bonchev–Trinajstić information content (AvgIpc) is 2.46. The van der Waals surface area contributed by atoms with Gasteiger partial charge in [0.15, 0.2) is 0 Å². The van der Waals surface area contributed by atoms with E-state index in [0.717, 1.165) is 32.0 Å². The van der Waals surface area contributed by atoms with Gasteiger partial charge in [-0.25, -0.2) is 4.39 Å². The normalized spacial score (nSPS) is 24.6. The molecule has 0 aromatic heterocycles. The summed E-state index contributed by atoms with van der Waals surface area (Å²) in [4.78, 5) is 2.51. The Kier molecular flexibility index (Phi) is 5.34. The minimum Gasteiger partial charge on any atom is -0.330 e. The van der Waals surface area contributed by atoms with Crippen LogP contribution in [0.4, 0.5) is 4.39 Å². The molecule has 1 fully saturated rings. The van der Waals surface area contributed by atoms with Crippen LogP contribution in [0.5, 0.6) is 0 Å². The summed E-state index contributed by atoms with van der Waals surface area (Å²) >= 11 is 0. The molecule has 2 rings (SSSR count). The Hall–Kier alpha value is -0.930. The number of hydrogen-bond donors (Lipinski definition) is 1. The highest BCUT2D eigenvalue weighted by Gasteiger charge is 2.26. The summed E-state index contributed by atoms with van der Waals surface area (Å²) in [5.41, 5.74) is 7.10. The molecule has 1 aromatic rings. The van der Waals surface area contributed by atoms with E-state index in [9.17, 15) is 4.39 Å². The van der Waals surface area contributed by atoms with Gasteiger partial charge in [0.1, 0.15) is 5.82 Å². The molecule has 1 aliphatic rings. The van der Waals surface area contributed by atoms with E-state index in [2.05, 4.69) is 11.8 Å². The second-order valence-electron chi connectivity index (χ2n) is 5.63. The fourth-order valence-electron chi connectivity index (χ4n) is 3.10. The first-order valence-corrected chi connectivity index (χ1v) is 7.39. The van der Waals surface area contributed by atoms with Gasteiger partial charge in [0.05, 0.1) is 0 Å². The minimum absolute atomic E-state index is 0.157. The number of likely N-dealkylation sites (tertiary alicyclic amines) is 1. The summed E-state index contributed by atoms with van der Waals surface area (Å²) in [6, 6.07) is 6.85. The molecule has 2 nitrogen and oxygen atoms in total. The largest absolute Gasteiger partial charge is 0.330 e. The molecule has 19 heavy (non-hydrogen) atoms. The lowest BCUT2D eigenvalue weighted by molar-refractivity contribution is 0.122. The fourth-order valence-corrected chi connectivity index (χ4v) is 3.10. The van der Waals surface area contributed by atoms with E-state index in [1.54, 1.807) is 12.1 Å². The van der Waals surface area contributed by atoms with E-state index in [-0.39, 0.29) is 5.82 Å². The van der Waals surface area contributed by atoms with Crippen LogP contribution >= 0.6 is 0 Å². The molecule has 1 aliphatic heterocycles. The Morgan fingerprint density at radius 2 is 2.00 bits per heavy atom. The Balaban J connectivity index is 1.82. The molecule has 0 saturated carbocycles. The molecule has 0 aliphatic carbocycles. The van der Waals surface area contributed by atoms with Crippen molar-refractivity contribution in [3.63, 3.8) is 0 Å². The number of nitrogens with zero attached hydrogens (tertiary/aromatic N) is 1. The topological polar surface area (TPSA) is 29.3 Å². The number of benzene rings is 1. The highest BCUT2D eigenvalue weighted by molar-refractivity contribution is 5.16. The zero-order valence-electron chi connectivity index (χ0n) is 11.8. The van der Waals surface area contributed by atoms with Gasteiger partial charge in [-0.05, 0) is 55.5 Å². The summed E-state index contributed by atoms with van der Waals surface area (Å²) in [7, 11) is 0. The van der Waals surface area contributed by atoms with E-state index >= 15 is 0 Å². The van der Waals surface area contributed by atoms with Gasteiger partial charge in [0.25, 0.3) is 0 Å². The molecular weight excluding hydrogens is 239 g/mol. The van der Waals surface area contributed by atoms with Crippen LogP contribution in [-0.4, -0.2) is 31.1 Å². The van der Waals surface area contributed by atoms with Gasteiger partial charge in [0, 0.05) is 13.1 Å². The number of hydrogen-bond acceptors (Lipinski definition) is 2. The van der Waals surface area contributed by atoms with Crippen molar-refractivity contribution >= 4 is 0 Å². The third-order valence-electron chi connectivity index (χ3n) is 4.43. The maximum atomic E-state index is 12.8. The standard InChI is InChI=1S/C16H25FN2/c1-2-14-8-10-19(12-15(14)11-18)9-7-13-3-5-16(17)6-4-13/h3-6,14-15H,2,7-12,18H2,1H3/t14-,15-/m0/s1. The van der Waals surface area contributed by atoms with Crippen molar-refractivity contribution < 1.29 is 4.39 Å². The lowest BCUT2D eigenvalue weighted by atomic mass is 9.83. The summed E-state index contributed by atoms with van der Waals surface area (Å²) in [5.74, 6) is 1.29. The van der Waals surface area contributed by atoms with Gasteiger partial charge in [-0.2, -0.15) is 0 Å². The summed E-state index contributed by atoms with van der Waals surface area (Å²) < 4.78 is 12.8. The molecule has 1 aromatic carbocycles. The van der Waals surface area contributed by atoms with E-state index < -0.39 is 0 Å². The van der Waals surface area contributed by atoms with Gasteiger partial charge >= 0.3 is 0 Å². The molecule has 2 N–H and O–H groups in total. The van der Waals surface area contributed by atoms with E-state index in [4.69, 9.17) is 5.73 Å². The maximum absolute atomic E-state index is 12.8. The summed E-state index contributed by atoms with van der Waals surface area (Å²) in [5, 5.41) is 0. The first-order chi connectivity index (χ1) is 9.22. The third-order valence-corrected chi connectivity index (χ3v) is 4.43. The van der Waals surface area contributed by atoms with Crippen molar-refractivity contribution in [2.45, 2.75) is 26.2 Å². The SMILES string of the molecule is CC[C@H]1CCN(CCc2ccc(F)cc2)C[C@@H]1CN. The first kappa shape index (κ1) is 14.5. The number of piperidine rings is 1. The van der Waals surface area contributed by atoms with E-state index in [0.29, 0.717) is 5.92 Å². The highest BCUT2D eigenvalue weighted by atomic mass is 19.1. The Labute approximate surface area is 115 Å². The zero-order chi connectivity index (χ0) is 13.7. The van der Waals surface area contributed by atoms with Gasteiger partial charge in [-0.3, -0.25) is 0 Å². The lowest BCUT2D eigenvalue weighted by Gasteiger charge is -2.37. The molecular formula is C16H25FN2. The number of nitrogens with two attached hydrogens (primary N) is 1. The molecule has 106 valence electrons. The molecule has 1 saturated heterocycles. The van der Waals surface area contributed by atoms with Crippen molar-refractivity contribution in [2.24, 2.45) is 17.6 Å². The molecule has 0 spiro atoms. The molecule has 0 bridgehead atoms. The van der Waals surface area contributed by atoms with E-state index in [1.165, 1.54) is 24.9 Å². The van der Waals surface area contributed by atoms with E-state index in [1.807, 2.05) is 12.1 Å². The smallest absolute Gasteiger partial charge is 0.123 e. The predicted octanol–water partition coefficient (Wildman–Crippen LogP) is 2.68. The average molecular weight is 264 g/mol. The molecule has 2 atom stereocenters. The van der Waals surface area contributed by atoms with Crippen molar-refractivity contribution in [3.8, 4) is 0 Å². The molecule has 1 heterocycles. The van der Waals surface area contributed by atoms with Crippen molar-refractivity contribution in [2.75, 3.05) is 26.2 Å². The van der Waals surface area contributed by atoms with Crippen LogP contribution in [-0.2, 0) is 6.42 Å². The Morgan fingerprint density at radius 3 is 2.63 bits per heavy atom. The second kappa shape index (κ2) is 7.01. The monoisotopic (exact) mass is 264 g/mol. The lowest BCUT2D eigenvalue weighted by Crippen LogP contribution is -2.44. The van der Waals surface area contributed by atoms with Crippen LogP contribution in [0.3, 0.4) is 0 Å². The van der Waals surface area contributed by atoms with Gasteiger partial charge in [0.2, 0.25) is 0 Å². The quantitative estimate of drug-likeness (QED) is 0.886. The molecule has 3 heteroatoms. The van der Waals surface area contributed by atoms with Crippen molar-refractivity contribution in [1.29, 1.82) is 0 Å². The molecule has 0 radical (unpaired) electrons. The van der Waals surface area contributed by atoms with Crippen LogP contribution in [0.1, 0.15) is 25.3 Å². The number of halogens is 1. The fraction of sp³-hybridized carbons (Fsp3) is 0.625. The highest BCUT2D eigenvalue weighted by Crippen LogP contribution is 2.25. The van der Waals surface area contributed by atoms with Crippen LogP contribution in [0.2, 0.25) is 0 Å². The molecule has 0 unspecified atom stereocenters. The van der Waals surface area contributed by atoms with Gasteiger partial charge in [-0.15, -0.1) is 0 Å². The predicted molar refractivity (Wildman–Crippen MR) is 77.5 cm³/mol. The van der Waals surface area contributed by atoms with Gasteiger partial charge in [-0.1, -0.05) is 25.5 Å².